The maximum Gasteiger partial charge on any atom is 0.253 e. The lowest BCUT2D eigenvalue weighted by Gasteiger charge is -2.44. The van der Waals surface area contributed by atoms with Crippen LogP contribution in [-0.2, 0) is 0 Å². The van der Waals surface area contributed by atoms with Crippen molar-refractivity contribution in [2.24, 2.45) is 5.41 Å². The Balaban J connectivity index is 1.64. The topological polar surface area (TPSA) is 32.3 Å². The Morgan fingerprint density at radius 1 is 1.15 bits per heavy atom. The van der Waals surface area contributed by atoms with E-state index < -0.39 is 0 Å². The number of carbonyl (C=O) groups excluding carboxylic acids is 1. The van der Waals surface area contributed by atoms with Gasteiger partial charge in [-0.25, -0.2) is 0 Å². The second-order valence-corrected chi connectivity index (χ2v) is 6.49. The molecule has 108 valence electrons. The zero-order valence-electron chi connectivity index (χ0n) is 11.7. The number of carbonyl (C=O) groups is 1. The number of hydrogen-bond donors (Lipinski definition) is 1. The van der Waals surface area contributed by atoms with Gasteiger partial charge in [0.1, 0.15) is 0 Å². The van der Waals surface area contributed by atoms with Crippen LogP contribution < -0.4 is 5.32 Å². The molecule has 0 atom stereocenters. The minimum absolute atomic E-state index is 0.122. The molecule has 0 aromatic heterocycles. The molecule has 1 amide bonds. The van der Waals surface area contributed by atoms with E-state index in [0.717, 1.165) is 39.0 Å². The van der Waals surface area contributed by atoms with E-state index >= 15 is 0 Å². The van der Waals surface area contributed by atoms with Gasteiger partial charge in [0.2, 0.25) is 0 Å². The molecule has 3 nitrogen and oxygen atoms in total. The van der Waals surface area contributed by atoms with Gasteiger partial charge in [-0.2, -0.15) is 0 Å². The van der Waals surface area contributed by atoms with E-state index in [1.54, 1.807) is 12.1 Å². The molecule has 1 aromatic carbocycles. The van der Waals surface area contributed by atoms with Gasteiger partial charge in [-0.1, -0.05) is 17.7 Å². The first kappa shape index (κ1) is 13.9. The quantitative estimate of drug-likeness (QED) is 0.863. The lowest BCUT2D eigenvalue weighted by atomic mass is 9.71. The number of nitrogens with one attached hydrogen (secondary N) is 1. The van der Waals surface area contributed by atoms with Crippen LogP contribution in [0.3, 0.4) is 0 Å². The van der Waals surface area contributed by atoms with E-state index in [4.69, 9.17) is 11.6 Å². The molecule has 20 heavy (non-hydrogen) atoms. The van der Waals surface area contributed by atoms with Crippen LogP contribution in [0.4, 0.5) is 0 Å². The molecule has 3 rings (SSSR count). The number of piperidine rings is 2. The standard InChI is InChI=1S/C16H21ClN2O/c17-14-3-1-2-13(12-14)15(20)19-10-6-16(7-11-19)4-8-18-9-5-16/h1-3,12,18H,4-11H2. The molecule has 0 aliphatic carbocycles. The van der Waals surface area contributed by atoms with Gasteiger partial charge in [0.05, 0.1) is 0 Å². The van der Waals surface area contributed by atoms with Gasteiger partial charge in [-0.3, -0.25) is 4.79 Å². The summed E-state index contributed by atoms with van der Waals surface area (Å²) in [5, 5.41) is 4.05. The molecule has 0 bridgehead atoms. The van der Waals surface area contributed by atoms with Crippen molar-refractivity contribution in [2.75, 3.05) is 26.2 Å². The molecule has 0 saturated carbocycles. The highest BCUT2D eigenvalue weighted by Gasteiger charge is 2.36. The summed E-state index contributed by atoms with van der Waals surface area (Å²) in [6.45, 7) is 4.02. The van der Waals surface area contributed by atoms with Gasteiger partial charge < -0.3 is 10.2 Å². The van der Waals surface area contributed by atoms with Gasteiger partial charge in [0.25, 0.3) is 5.91 Å². The molecule has 2 aliphatic rings. The summed E-state index contributed by atoms with van der Waals surface area (Å²) in [7, 11) is 0. The SMILES string of the molecule is O=C(c1cccc(Cl)c1)N1CCC2(CCNCC2)CC1. The fourth-order valence-corrected chi connectivity index (χ4v) is 3.64. The molecule has 2 aliphatic heterocycles. The number of benzene rings is 1. The number of nitrogens with zero attached hydrogens (tertiary/aromatic N) is 1. The minimum Gasteiger partial charge on any atom is -0.339 e. The second-order valence-electron chi connectivity index (χ2n) is 6.05. The Kier molecular flexibility index (Phi) is 3.99. The maximum absolute atomic E-state index is 12.5. The zero-order chi connectivity index (χ0) is 14.0. The molecule has 2 fully saturated rings. The summed E-state index contributed by atoms with van der Waals surface area (Å²) in [4.78, 5) is 14.5. The third-order valence-electron chi connectivity index (χ3n) is 4.85. The van der Waals surface area contributed by atoms with Crippen molar-refractivity contribution >= 4 is 17.5 Å². The number of amides is 1. The van der Waals surface area contributed by atoms with Crippen molar-refractivity contribution in [1.82, 2.24) is 10.2 Å². The second kappa shape index (κ2) is 5.74. The average Bonchev–Trinajstić information content (AvgIpc) is 2.48. The van der Waals surface area contributed by atoms with Crippen LogP contribution in [0.15, 0.2) is 24.3 Å². The van der Waals surface area contributed by atoms with Crippen LogP contribution in [0.2, 0.25) is 5.02 Å². The largest absolute Gasteiger partial charge is 0.339 e. The smallest absolute Gasteiger partial charge is 0.253 e. The van der Waals surface area contributed by atoms with Crippen LogP contribution >= 0.6 is 11.6 Å². The number of likely N-dealkylation sites (tertiary alicyclic amines) is 1. The fraction of sp³-hybridized carbons (Fsp3) is 0.562. The van der Waals surface area contributed by atoms with Crippen LogP contribution in [0.5, 0.6) is 0 Å². The Morgan fingerprint density at radius 2 is 1.85 bits per heavy atom. The molecule has 1 N–H and O–H groups in total. The highest BCUT2D eigenvalue weighted by atomic mass is 35.5. The predicted molar refractivity (Wildman–Crippen MR) is 81.1 cm³/mol. The Labute approximate surface area is 125 Å². The first-order valence-corrected chi connectivity index (χ1v) is 7.82. The monoisotopic (exact) mass is 292 g/mol. The third-order valence-corrected chi connectivity index (χ3v) is 5.08. The van der Waals surface area contributed by atoms with Gasteiger partial charge in [0.15, 0.2) is 0 Å². The summed E-state index contributed by atoms with van der Waals surface area (Å²) >= 11 is 5.97. The molecule has 1 spiro atoms. The molecular formula is C16H21ClN2O. The van der Waals surface area contributed by atoms with Crippen LogP contribution in [0.1, 0.15) is 36.0 Å². The van der Waals surface area contributed by atoms with Crippen molar-refractivity contribution in [3.63, 3.8) is 0 Å². The Bertz CT molecular complexity index is 487. The highest BCUT2D eigenvalue weighted by Crippen LogP contribution is 2.39. The fourth-order valence-electron chi connectivity index (χ4n) is 3.45. The van der Waals surface area contributed by atoms with Gasteiger partial charge in [-0.05, 0) is 62.4 Å². The number of halogens is 1. The van der Waals surface area contributed by atoms with E-state index in [9.17, 15) is 4.79 Å². The molecule has 0 radical (unpaired) electrons. The zero-order valence-corrected chi connectivity index (χ0v) is 12.5. The highest BCUT2D eigenvalue weighted by molar-refractivity contribution is 6.30. The lowest BCUT2D eigenvalue weighted by Crippen LogP contribution is -2.47. The first-order valence-electron chi connectivity index (χ1n) is 7.44. The van der Waals surface area contributed by atoms with E-state index in [1.165, 1.54) is 12.8 Å². The van der Waals surface area contributed by atoms with Gasteiger partial charge in [-0.15, -0.1) is 0 Å². The Hall–Kier alpha value is -1.06. The van der Waals surface area contributed by atoms with E-state index in [-0.39, 0.29) is 5.91 Å². The number of hydrogen-bond acceptors (Lipinski definition) is 2. The normalized spacial score (nSPS) is 21.9. The van der Waals surface area contributed by atoms with E-state index in [1.807, 2.05) is 17.0 Å². The number of rotatable bonds is 1. The van der Waals surface area contributed by atoms with Crippen molar-refractivity contribution in [3.8, 4) is 0 Å². The van der Waals surface area contributed by atoms with Crippen molar-refractivity contribution in [1.29, 1.82) is 0 Å². The van der Waals surface area contributed by atoms with Crippen LogP contribution in [0.25, 0.3) is 0 Å². The minimum atomic E-state index is 0.122. The summed E-state index contributed by atoms with van der Waals surface area (Å²) in [5.41, 5.74) is 1.19. The Morgan fingerprint density at radius 3 is 2.50 bits per heavy atom. The van der Waals surface area contributed by atoms with Crippen LogP contribution in [0, 0.1) is 5.41 Å². The molecule has 2 saturated heterocycles. The first-order chi connectivity index (χ1) is 9.69. The molecule has 0 unspecified atom stereocenters. The molecule has 4 heteroatoms. The van der Waals surface area contributed by atoms with Crippen molar-refractivity contribution < 1.29 is 4.79 Å². The third kappa shape index (κ3) is 2.84. The average molecular weight is 293 g/mol. The summed E-state index contributed by atoms with van der Waals surface area (Å²) < 4.78 is 0. The van der Waals surface area contributed by atoms with Crippen LogP contribution in [-0.4, -0.2) is 37.0 Å². The molecular weight excluding hydrogens is 272 g/mol. The van der Waals surface area contributed by atoms with Crippen molar-refractivity contribution in [3.05, 3.63) is 34.9 Å². The van der Waals surface area contributed by atoms with Gasteiger partial charge >= 0.3 is 0 Å². The maximum atomic E-state index is 12.5. The predicted octanol–water partition coefficient (Wildman–Crippen LogP) is 2.95. The summed E-state index contributed by atoms with van der Waals surface area (Å²) in [6, 6.07) is 7.26. The summed E-state index contributed by atoms with van der Waals surface area (Å²) in [5.74, 6) is 0.122. The molecule has 1 aromatic rings. The van der Waals surface area contributed by atoms with E-state index in [2.05, 4.69) is 5.32 Å². The molecule has 2 heterocycles. The van der Waals surface area contributed by atoms with E-state index in [0.29, 0.717) is 16.0 Å². The van der Waals surface area contributed by atoms with Crippen molar-refractivity contribution in [2.45, 2.75) is 25.7 Å². The summed E-state index contributed by atoms with van der Waals surface area (Å²) in [6.07, 6.45) is 4.79. The lowest BCUT2D eigenvalue weighted by molar-refractivity contribution is 0.0495. The van der Waals surface area contributed by atoms with Gasteiger partial charge in [0, 0.05) is 23.7 Å².